The van der Waals surface area contributed by atoms with E-state index in [1.54, 1.807) is 23.3 Å². The monoisotopic (exact) mass is 348 g/mol. The summed E-state index contributed by atoms with van der Waals surface area (Å²) in [5.41, 5.74) is 2.24. The average molecular weight is 348 g/mol. The number of nitrogens with one attached hydrogen (secondary N) is 1. The number of methoxy groups -OCH3 is 1. The minimum atomic E-state index is 0.859. The molecule has 0 unspecified atom stereocenters. The maximum atomic E-state index is 5.42. The van der Waals surface area contributed by atoms with Gasteiger partial charge in [-0.05, 0) is 31.2 Å². The summed E-state index contributed by atoms with van der Waals surface area (Å²) >= 11 is 1.71. The van der Waals surface area contributed by atoms with Gasteiger partial charge in [0, 0.05) is 24.0 Å². The third kappa shape index (κ3) is 4.47. The van der Waals surface area contributed by atoms with Crippen molar-refractivity contribution < 1.29 is 14.4 Å². The first-order valence-corrected chi connectivity index (χ1v) is 9.39. The molecule has 0 aliphatic carbocycles. The fourth-order valence-corrected chi connectivity index (χ4v) is 3.86. The second-order valence-electron chi connectivity index (χ2n) is 6.09. The van der Waals surface area contributed by atoms with Crippen LogP contribution in [0.3, 0.4) is 0 Å². The summed E-state index contributed by atoms with van der Waals surface area (Å²) in [6.45, 7) is 8.45. The highest BCUT2D eigenvalue weighted by Crippen LogP contribution is 2.17. The third-order valence-corrected chi connectivity index (χ3v) is 5.38. The lowest BCUT2D eigenvalue weighted by atomic mass is 10.3. The predicted octanol–water partition coefficient (Wildman–Crippen LogP) is 1.40. The number of aromatic nitrogens is 1. The highest BCUT2D eigenvalue weighted by atomic mass is 32.1. The molecule has 0 spiro atoms. The Bertz CT molecular complexity index is 700. The van der Waals surface area contributed by atoms with Crippen LogP contribution in [-0.4, -0.2) is 44.5 Å². The number of thiazole rings is 1. The minimum absolute atomic E-state index is 0.859. The molecule has 130 valence electrons. The summed E-state index contributed by atoms with van der Waals surface area (Å²) in [7, 11) is 1.68. The number of ether oxygens (including phenoxy) is 2. The van der Waals surface area contributed by atoms with Gasteiger partial charge < -0.3 is 18.9 Å². The number of hydrogen-bond acceptors (Lipinski definition) is 4. The van der Waals surface area contributed by atoms with Gasteiger partial charge in [0.2, 0.25) is 0 Å². The van der Waals surface area contributed by atoms with Gasteiger partial charge in [-0.2, -0.15) is 0 Å². The van der Waals surface area contributed by atoms with Crippen molar-refractivity contribution in [3.63, 3.8) is 0 Å². The summed E-state index contributed by atoms with van der Waals surface area (Å²) in [4.78, 5) is 7.52. The minimum Gasteiger partial charge on any atom is -0.497 e. The standard InChI is InChI=1S/C18H25N3O2S/c1-15-14-24-18(19-16-4-6-17(22-2)7-5-16)21(15)9-3-8-20-10-12-23-13-11-20/h4-7,14H,3,8-13H2,1-2H3/p+1. The molecule has 0 amide bonds. The van der Waals surface area contributed by atoms with Crippen LogP contribution in [-0.2, 0) is 11.3 Å². The third-order valence-electron chi connectivity index (χ3n) is 4.40. The Hall–Kier alpha value is -1.63. The van der Waals surface area contributed by atoms with Gasteiger partial charge >= 0.3 is 0 Å². The molecule has 1 aliphatic heterocycles. The zero-order chi connectivity index (χ0) is 16.8. The van der Waals surface area contributed by atoms with Crippen LogP contribution in [0.2, 0.25) is 0 Å². The Labute approximate surface area is 147 Å². The first-order chi connectivity index (χ1) is 11.8. The Morgan fingerprint density at radius 2 is 2.00 bits per heavy atom. The molecule has 1 aliphatic rings. The van der Waals surface area contributed by atoms with Crippen molar-refractivity contribution in [3.05, 3.63) is 40.1 Å². The van der Waals surface area contributed by atoms with Crippen molar-refractivity contribution in [3.8, 4) is 5.75 Å². The van der Waals surface area contributed by atoms with Crippen molar-refractivity contribution in [1.82, 2.24) is 4.57 Å². The van der Waals surface area contributed by atoms with Crippen LogP contribution >= 0.6 is 11.3 Å². The number of aryl methyl sites for hydroxylation is 1. The highest BCUT2D eigenvalue weighted by Gasteiger charge is 2.13. The van der Waals surface area contributed by atoms with Crippen LogP contribution in [0.4, 0.5) is 5.69 Å². The Morgan fingerprint density at radius 3 is 2.71 bits per heavy atom. The van der Waals surface area contributed by atoms with Crippen LogP contribution in [0.5, 0.6) is 5.75 Å². The lowest BCUT2D eigenvalue weighted by Gasteiger charge is -2.23. The van der Waals surface area contributed by atoms with E-state index in [1.807, 2.05) is 24.3 Å². The zero-order valence-electron chi connectivity index (χ0n) is 14.5. The predicted molar refractivity (Wildman–Crippen MR) is 96.3 cm³/mol. The van der Waals surface area contributed by atoms with Gasteiger partial charge in [-0.25, -0.2) is 4.99 Å². The van der Waals surface area contributed by atoms with E-state index in [-0.39, 0.29) is 0 Å². The molecular formula is C18H26N3O2S+. The Balaban J connectivity index is 1.67. The molecule has 2 heterocycles. The lowest BCUT2D eigenvalue weighted by molar-refractivity contribution is -0.908. The fourth-order valence-electron chi connectivity index (χ4n) is 2.94. The van der Waals surface area contributed by atoms with Crippen LogP contribution in [0.25, 0.3) is 0 Å². The van der Waals surface area contributed by atoms with E-state index in [0.29, 0.717) is 0 Å². The second-order valence-corrected chi connectivity index (χ2v) is 6.92. The summed E-state index contributed by atoms with van der Waals surface area (Å²) < 4.78 is 13.0. The number of benzene rings is 1. The molecule has 1 fully saturated rings. The van der Waals surface area contributed by atoms with Gasteiger partial charge in [-0.1, -0.05) is 0 Å². The van der Waals surface area contributed by atoms with Gasteiger partial charge in [-0.3, -0.25) is 0 Å². The average Bonchev–Trinajstić information content (AvgIpc) is 2.97. The largest absolute Gasteiger partial charge is 0.497 e. The molecule has 1 saturated heterocycles. The number of quaternary nitrogens is 1. The fraction of sp³-hybridized carbons (Fsp3) is 0.500. The highest BCUT2D eigenvalue weighted by molar-refractivity contribution is 7.07. The second kappa shape index (κ2) is 8.46. The molecular weight excluding hydrogens is 322 g/mol. The molecule has 6 heteroatoms. The Morgan fingerprint density at radius 1 is 1.25 bits per heavy atom. The molecule has 1 N–H and O–H groups in total. The van der Waals surface area contributed by atoms with Crippen LogP contribution in [0.1, 0.15) is 12.1 Å². The number of morpholine rings is 1. The first kappa shape index (κ1) is 17.2. The summed E-state index contributed by atoms with van der Waals surface area (Å²) in [5.74, 6) is 0.859. The molecule has 0 atom stereocenters. The van der Waals surface area contributed by atoms with E-state index in [1.165, 1.54) is 18.7 Å². The molecule has 0 radical (unpaired) electrons. The van der Waals surface area contributed by atoms with Crippen molar-refractivity contribution in [1.29, 1.82) is 0 Å². The van der Waals surface area contributed by atoms with Gasteiger partial charge in [-0.15, -0.1) is 11.3 Å². The quantitative estimate of drug-likeness (QED) is 0.857. The van der Waals surface area contributed by atoms with Gasteiger partial charge in [0.1, 0.15) is 18.8 Å². The van der Waals surface area contributed by atoms with E-state index in [9.17, 15) is 0 Å². The number of nitrogens with zero attached hydrogens (tertiary/aromatic N) is 2. The van der Waals surface area contributed by atoms with Crippen molar-refractivity contribution in [2.24, 2.45) is 4.99 Å². The summed E-state index contributed by atoms with van der Waals surface area (Å²) in [5, 5.41) is 2.18. The molecule has 1 aromatic carbocycles. The van der Waals surface area contributed by atoms with Crippen LogP contribution in [0.15, 0.2) is 34.6 Å². The van der Waals surface area contributed by atoms with Gasteiger partial charge in [0.05, 0.1) is 32.6 Å². The molecule has 0 bridgehead atoms. The Kier molecular flexibility index (Phi) is 6.07. The van der Waals surface area contributed by atoms with Crippen LogP contribution in [0, 0.1) is 6.92 Å². The van der Waals surface area contributed by atoms with Gasteiger partial charge in [0.15, 0.2) is 4.80 Å². The van der Waals surface area contributed by atoms with E-state index >= 15 is 0 Å². The SMILES string of the molecule is COc1ccc(N=c2scc(C)n2CCC[NH+]2CCOCC2)cc1. The molecule has 5 nitrogen and oxygen atoms in total. The van der Waals surface area contributed by atoms with Crippen molar-refractivity contribution >= 4 is 17.0 Å². The maximum absolute atomic E-state index is 5.42. The van der Waals surface area contributed by atoms with E-state index < -0.39 is 0 Å². The molecule has 0 saturated carbocycles. The van der Waals surface area contributed by atoms with Crippen molar-refractivity contribution in [2.45, 2.75) is 19.9 Å². The first-order valence-electron chi connectivity index (χ1n) is 8.51. The molecule has 24 heavy (non-hydrogen) atoms. The summed E-state index contributed by atoms with van der Waals surface area (Å²) in [6.07, 6.45) is 1.17. The van der Waals surface area contributed by atoms with E-state index in [0.717, 1.165) is 49.1 Å². The number of hydrogen-bond donors (Lipinski definition) is 1. The zero-order valence-corrected chi connectivity index (χ0v) is 15.3. The molecule has 1 aromatic heterocycles. The molecule has 2 aromatic rings. The summed E-state index contributed by atoms with van der Waals surface area (Å²) in [6, 6.07) is 7.89. The van der Waals surface area contributed by atoms with E-state index in [2.05, 4.69) is 16.9 Å². The lowest BCUT2D eigenvalue weighted by Crippen LogP contribution is -3.14. The number of rotatable bonds is 6. The normalized spacial score (nSPS) is 16.5. The molecule has 3 rings (SSSR count). The van der Waals surface area contributed by atoms with E-state index in [4.69, 9.17) is 14.5 Å². The van der Waals surface area contributed by atoms with Crippen molar-refractivity contribution in [2.75, 3.05) is 40.0 Å². The maximum Gasteiger partial charge on any atom is 0.190 e. The van der Waals surface area contributed by atoms with Crippen LogP contribution < -0.4 is 14.4 Å². The van der Waals surface area contributed by atoms with Gasteiger partial charge in [0.25, 0.3) is 0 Å². The topological polar surface area (TPSA) is 40.2 Å². The smallest absolute Gasteiger partial charge is 0.190 e.